The van der Waals surface area contributed by atoms with E-state index in [1.165, 1.54) is 18.2 Å². The normalized spacial score (nSPS) is 10.2. The predicted molar refractivity (Wildman–Crippen MR) is 92.8 cm³/mol. The lowest BCUT2D eigenvalue weighted by molar-refractivity contribution is -0.385. The minimum absolute atomic E-state index is 0.0991. The largest absolute Gasteiger partial charge is 0.291 e. The van der Waals surface area contributed by atoms with Crippen LogP contribution in [0.5, 0.6) is 0 Å². The van der Waals surface area contributed by atoms with Crippen LogP contribution in [0, 0.1) is 10.1 Å². The van der Waals surface area contributed by atoms with Crippen LogP contribution in [-0.4, -0.2) is 16.5 Å². The molecule has 0 spiro atoms. The van der Waals surface area contributed by atoms with E-state index in [9.17, 15) is 19.7 Å². The Morgan fingerprint density at radius 3 is 1.40 bits per heavy atom. The van der Waals surface area contributed by atoms with Crippen molar-refractivity contribution in [2.45, 2.75) is 0 Å². The minimum Gasteiger partial charge on any atom is -0.288 e. The van der Waals surface area contributed by atoms with E-state index in [1.54, 1.807) is 60.7 Å². The third kappa shape index (κ3) is 3.21. The van der Waals surface area contributed by atoms with E-state index in [0.717, 1.165) is 0 Å². The van der Waals surface area contributed by atoms with E-state index in [1.807, 2.05) is 0 Å². The molecular weight excluding hydrogens is 318 g/mol. The van der Waals surface area contributed by atoms with E-state index < -0.39 is 22.2 Å². The molecule has 0 N–H and O–H groups in total. The fourth-order valence-corrected chi connectivity index (χ4v) is 2.60. The monoisotopic (exact) mass is 331 g/mol. The van der Waals surface area contributed by atoms with Crippen LogP contribution >= 0.6 is 0 Å². The van der Waals surface area contributed by atoms with Gasteiger partial charge in [-0.1, -0.05) is 66.7 Å². The summed E-state index contributed by atoms with van der Waals surface area (Å²) in [7, 11) is 0. The third-order valence-corrected chi connectivity index (χ3v) is 3.78. The van der Waals surface area contributed by atoms with E-state index >= 15 is 0 Å². The summed E-state index contributed by atoms with van der Waals surface area (Å²) in [6.45, 7) is 0. The second-order valence-electron chi connectivity index (χ2n) is 5.35. The number of hydrogen-bond donors (Lipinski definition) is 0. The molecule has 0 aliphatic heterocycles. The lowest BCUT2D eigenvalue weighted by Crippen LogP contribution is -2.11. The van der Waals surface area contributed by atoms with Gasteiger partial charge >= 0.3 is 0 Å². The summed E-state index contributed by atoms with van der Waals surface area (Å²) in [5.41, 5.74) is -0.00834. The van der Waals surface area contributed by atoms with Gasteiger partial charge in [0.2, 0.25) is 0 Å². The van der Waals surface area contributed by atoms with Crippen LogP contribution in [0.4, 0.5) is 5.69 Å². The Balaban J connectivity index is 2.14. The van der Waals surface area contributed by atoms with Crippen molar-refractivity contribution in [3.05, 3.63) is 111 Å². The number of carbonyl (C=O) groups is 2. The lowest BCUT2D eigenvalue weighted by atomic mass is 9.95. The number of ketones is 2. The molecule has 25 heavy (non-hydrogen) atoms. The molecule has 0 atom stereocenters. The Hall–Kier alpha value is -3.60. The molecule has 0 heterocycles. The highest BCUT2D eigenvalue weighted by Crippen LogP contribution is 2.28. The van der Waals surface area contributed by atoms with Crippen molar-refractivity contribution < 1.29 is 14.5 Å². The average molecular weight is 331 g/mol. The number of nitro groups is 1. The first-order valence-corrected chi connectivity index (χ1v) is 7.56. The minimum atomic E-state index is -0.674. The first-order chi connectivity index (χ1) is 12.1. The number of hydrogen-bond acceptors (Lipinski definition) is 4. The molecule has 0 unspecified atom stereocenters. The molecule has 0 saturated carbocycles. The molecule has 0 fully saturated rings. The zero-order chi connectivity index (χ0) is 17.8. The fraction of sp³-hybridized carbons (Fsp3) is 0. The molecule has 3 rings (SSSR count). The van der Waals surface area contributed by atoms with Crippen molar-refractivity contribution in [2.75, 3.05) is 0 Å². The molecule has 5 nitrogen and oxygen atoms in total. The van der Waals surface area contributed by atoms with Gasteiger partial charge in [-0.2, -0.15) is 0 Å². The highest BCUT2D eigenvalue weighted by Gasteiger charge is 2.28. The highest BCUT2D eigenvalue weighted by atomic mass is 16.6. The first-order valence-electron chi connectivity index (χ1n) is 7.56. The Morgan fingerprint density at radius 2 is 1.04 bits per heavy atom. The Kier molecular flexibility index (Phi) is 4.48. The van der Waals surface area contributed by atoms with Crippen LogP contribution < -0.4 is 0 Å². The zero-order valence-electron chi connectivity index (χ0n) is 13.1. The lowest BCUT2D eigenvalue weighted by Gasteiger charge is -2.07. The van der Waals surface area contributed by atoms with Crippen LogP contribution in [0.2, 0.25) is 0 Å². The molecule has 5 heteroatoms. The predicted octanol–water partition coefficient (Wildman–Crippen LogP) is 4.06. The maximum Gasteiger partial charge on any atom is 0.291 e. The summed E-state index contributed by atoms with van der Waals surface area (Å²) < 4.78 is 0. The van der Waals surface area contributed by atoms with Gasteiger partial charge in [-0.05, 0) is 12.1 Å². The highest BCUT2D eigenvalue weighted by molar-refractivity contribution is 6.17. The van der Waals surface area contributed by atoms with Gasteiger partial charge in [-0.25, -0.2) is 0 Å². The Morgan fingerprint density at radius 1 is 0.640 bits per heavy atom. The van der Waals surface area contributed by atoms with Gasteiger partial charge in [0.25, 0.3) is 5.69 Å². The molecule has 0 bridgehead atoms. The Labute approximate surface area is 143 Å². The van der Waals surface area contributed by atoms with Crippen molar-refractivity contribution in [1.82, 2.24) is 0 Å². The maximum absolute atomic E-state index is 12.7. The average Bonchev–Trinajstić information content (AvgIpc) is 2.67. The van der Waals surface area contributed by atoms with E-state index in [0.29, 0.717) is 11.1 Å². The van der Waals surface area contributed by atoms with Crippen LogP contribution in [-0.2, 0) is 0 Å². The number of carbonyl (C=O) groups excluding carboxylic acids is 2. The molecule has 122 valence electrons. The summed E-state index contributed by atoms with van der Waals surface area (Å²) in [5.74, 6) is -0.981. The summed E-state index contributed by atoms with van der Waals surface area (Å²) in [6, 6.07) is 20.8. The van der Waals surface area contributed by atoms with Crippen molar-refractivity contribution >= 4 is 17.3 Å². The SMILES string of the molecule is O=C(c1ccccc1)c1cccc(C(=O)c2ccccc2)c1[N+](=O)[O-]. The van der Waals surface area contributed by atoms with Gasteiger partial charge in [0.15, 0.2) is 11.6 Å². The molecule has 0 saturated heterocycles. The standard InChI is InChI=1S/C20H13NO4/c22-19(14-8-3-1-4-9-14)16-12-7-13-17(18(16)21(24)25)20(23)15-10-5-2-6-11-15/h1-13H. The fourth-order valence-electron chi connectivity index (χ4n) is 2.60. The number of benzene rings is 3. The van der Waals surface area contributed by atoms with E-state index in [2.05, 4.69) is 0 Å². The number of para-hydroxylation sites is 1. The Bertz CT molecular complexity index is 880. The summed E-state index contributed by atoms with van der Waals surface area (Å²) in [4.78, 5) is 36.3. The van der Waals surface area contributed by atoms with Crippen LogP contribution in [0.15, 0.2) is 78.9 Å². The number of rotatable bonds is 5. The summed E-state index contributed by atoms with van der Waals surface area (Å²) in [6.07, 6.45) is 0. The maximum atomic E-state index is 12.7. The molecule has 3 aromatic carbocycles. The first kappa shape index (κ1) is 16.3. The van der Waals surface area contributed by atoms with Gasteiger partial charge < -0.3 is 0 Å². The molecule has 0 radical (unpaired) electrons. The van der Waals surface area contributed by atoms with Crippen LogP contribution in [0.3, 0.4) is 0 Å². The van der Waals surface area contributed by atoms with E-state index in [-0.39, 0.29) is 11.1 Å². The van der Waals surface area contributed by atoms with Gasteiger partial charge in [-0.15, -0.1) is 0 Å². The van der Waals surface area contributed by atoms with Crippen molar-refractivity contribution in [2.24, 2.45) is 0 Å². The molecule has 0 amide bonds. The summed E-state index contributed by atoms with van der Waals surface area (Å²) >= 11 is 0. The van der Waals surface area contributed by atoms with Crippen LogP contribution in [0.1, 0.15) is 31.8 Å². The molecule has 0 aromatic heterocycles. The topological polar surface area (TPSA) is 77.3 Å². The van der Waals surface area contributed by atoms with Crippen LogP contribution in [0.25, 0.3) is 0 Å². The van der Waals surface area contributed by atoms with Gasteiger partial charge in [-0.3, -0.25) is 19.7 Å². The quantitative estimate of drug-likeness (QED) is 0.401. The third-order valence-electron chi connectivity index (χ3n) is 3.78. The van der Waals surface area contributed by atoms with Gasteiger partial charge in [0.1, 0.15) is 11.1 Å². The second kappa shape index (κ2) is 6.88. The summed E-state index contributed by atoms with van der Waals surface area (Å²) in [5, 5.41) is 11.6. The molecule has 0 aliphatic rings. The zero-order valence-corrected chi connectivity index (χ0v) is 13.1. The molecule has 0 aliphatic carbocycles. The van der Waals surface area contributed by atoms with Gasteiger partial charge in [0, 0.05) is 11.1 Å². The molecular formula is C20H13NO4. The van der Waals surface area contributed by atoms with Crippen molar-refractivity contribution in [3.8, 4) is 0 Å². The van der Waals surface area contributed by atoms with Crippen molar-refractivity contribution in [3.63, 3.8) is 0 Å². The number of nitro benzene ring substituents is 1. The van der Waals surface area contributed by atoms with Crippen molar-refractivity contribution in [1.29, 1.82) is 0 Å². The second-order valence-corrected chi connectivity index (χ2v) is 5.35. The van der Waals surface area contributed by atoms with Gasteiger partial charge in [0.05, 0.1) is 4.92 Å². The number of nitrogens with zero attached hydrogens (tertiary/aromatic N) is 1. The van der Waals surface area contributed by atoms with E-state index in [4.69, 9.17) is 0 Å². The smallest absolute Gasteiger partial charge is 0.288 e. The molecule has 3 aromatic rings.